The van der Waals surface area contributed by atoms with Gasteiger partial charge in [-0.15, -0.1) is 11.3 Å². The molecule has 7 nitrogen and oxygen atoms in total. The van der Waals surface area contributed by atoms with E-state index >= 15 is 0 Å². The van der Waals surface area contributed by atoms with Gasteiger partial charge in [0.15, 0.2) is 0 Å². The number of ether oxygens (including phenoxy) is 1. The number of thiophene rings is 1. The Hall–Kier alpha value is -3.72. The Morgan fingerprint density at radius 2 is 1.97 bits per heavy atom. The molecule has 0 radical (unpaired) electrons. The van der Waals surface area contributed by atoms with Gasteiger partial charge in [-0.2, -0.15) is 0 Å². The lowest BCUT2D eigenvalue weighted by Crippen LogP contribution is -2.34. The summed E-state index contributed by atoms with van der Waals surface area (Å²) in [6.45, 7) is 0. The number of aromatic nitrogens is 2. The van der Waals surface area contributed by atoms with Gasteiger partial charge in [-0.3, -0.25) is 4.79 Å². The van der Waals surface area contributed by atoms with Crippen LogP contribution in [0.1, 0.15) is 20.8 Å². The largest absolute Gasteiger partial charge is 0.496 e. The molecule has 0 atom stereocenters. The summed E-state index contributed by atoms with van der Waals surface area (Å²) in [5.41, 5.74) is -0.157. The molecule has 2 aromatic heterocycles. The van der Waals surface area contributed by atoms with Crippen molar-refractivity contribution in [3.05, 3.63) is 90.5 Å². The molecular weight excluding hydrogens is 423 g/mol. The third-order valence-electron chi connectivity index (χ3n) is 4.97. The molecule has 0 bridgehead atoms. The van der Waals surface area contributed by atoms with Crippen LogP contribution < -0.4 is 16.0 Å². The summed E-state index contributed by atoms with van der Waals surface area (Å²) in [5.74, 6) is -1.32. The summed E-state index contributed by atoms with van der Waals surface area (Å²) in [6, 6.07) is 11.7. The molecule has 158 valence electrons. The standard InChI is InChI=1S/C22H17FN2O5S/c1-30-17-5-3-2-4-13(17)8-6-12-7-9-14(23)16(10-12)25-20(26)18-15(24-22(25)29)11-31-19(18)21(27)28/h2-5,7,9-11H,6,8H2,1H3,(H,24,29)(H,27,28). The lowest BCUT2D eigenvalue weighted by Gasteiger charge is -2.11. The van der Waals surface area contributed by atoms with Crippen molar-refractivity contribution in [1.82, 2.24) is 9.55 Å². The van der Waals surface area contributed by atoms with Gasteiger partial charge in [-0.05, 0) is 42.2 Å². The molecule has 0 saturated carbocycles. The van der Waals surface area contributed by atoms with E-state index in [9.17, 15) is 23.9 Å². The molecule has 0 fully saturated rings. The van der Waals surface area contributed by atoms with E-state index in [1.807, 2.05) is 24.3 Å². The second-order valence-corrected chi connectivity index (χ2v) is 7.71. The zero-order valence-electron chi connectivity index (χ0n) is 16.3. The summed E-state index contributed by atoms with van der Waals surface area (Å²) in [4.78, 5) is 39.2. The van der Waals surface area contributed by atoms with E-state index in [0.29, 0.717) is 23.0 Å². The minimum Gasteiger partial charge on any atom is -0.496 e. The summed E-state index contributed by atoms with van der Waals surface area (Å²) in [6.07, 6.45) is 1.12. The molecule has 0 spiro atoms. The number of benzene rings is 2. The fourth-order valence-electron chi connectivity index (χ4n) is 3.49. The minimum atomic E-state index is -1.29. The molecule has 4 rings (SSSR count). The first-order chi connectivity index (χ1) is 14.9. The molecule has 4 aromatic rings. The lowest BCUT2D eigenvalue weighted by atomic mass is 10.0. The normalized spacial score (nSPS) is 11.0. The number of hydrogen-bond acceptors (Lipinski definition) is 5. The number of methoxy groups -OCH3 is 1. The molecule has 0 aliphatic rings. The molecule has 2 aromatic carbocycles. The first-order valence-corrected chi connectivity index (χ1v) is 10.2. The number of aromatic amines is 1. The van der Waals surface area contributed by atoms with E-state index in [0.717, 1.165) is 22.6 Å². The van der Waals surface area contributed by atoms with Crippen LogP contribution in [-0.4, -0.2) is 27.7 Å². The Labute approximate surface area is 179 Å². The minimum absolute atomic E-state index is 0.112. The molecular formula is C22H17FN2O5S. The molecule has 9 heteroatoms. The highest BCUT2D eigenvalue weighted by Gasteiger charge is 2.20. The maximum absolute atomic E-state index is 14.6. The Kier molecular flexibility index (Phi) is 5.43. The van der Waals surface area contributed by atoms with Crippen LogP contribution in [0.4, 0.5) is 4.39 Å². The number of aromatic carboxylic acids is 1. The molecule has 0 unspecified atom stereocenters. The Balaban J connectivity index is 1.78. The van der Waals surface area contributed by atoms with Crippen LogP contribution in [0.25, 0.3) is 16.6 Å². The number of fused-ring (bicyclic) bond motifs is 1. The Morgan fingerprint density at radius 1 is 1.19 bits per heavy atom. The smallest absolute Gasteiger partial charge is 0.346 e. The number of halogens is 1. The number of para-hydroxylation sites is 1. The topological polar surface area (TPSA) is 101 Å². The van der Waals surface area contributed by atoms with Gasteiger partial charge in [0, 0.05) is 5.38 Å². The van der Waals surface area contributed by atoms with Crippen molar-refractivity contribution in [2.45, 2.75) is 12.8 Å². The van der Waals surface area contributed by atoms with Crippen molar-refractivity contribution in [2.75, 3.05) is 7.11 Å². The van der Waals surface area contributed by atoms with E-state index in [-0.39, 0.29) is 21.5 Å². The number of carbonyl (C=O) groups is 1. The molecule has 0 aliphatic carbocycles. The van der Waals surface area contributed by atoms with Crippen LogP contribution in [0, 0.1) is 5.82 Å². The van der Waals surface area contributed by atoms with Gasteiger partial charge in [0.1, 0.15) is 16.4 Å². The van der Waals surface area contributed by atoms with Gasteiger partial charge in [0.25, 0.3) is 5.56 Å². The third-order valence-corrected chi connectivity index (χ3v) is 5.94. The highest BCUT2D eigenvalue weighted by atomic mass is 32.1. The highest BCUT2D eigenvalue weighted by molar-refractivity contribution is 7.13. The lowest BCUT2D eigenvalue weighted by molar-refractivity contribution is 0.0704. The molecule has 0 saturated heterocycles. The number of carboxylic acids is 1. The zero-order valence-corrected chi connectivity index (χ0v) is 17.2. The first kappa shape index (κ1) is 20.5. The van der Waals surface area contributed by atoms with E-state index in [2.05, 4.69) is 4.98 Å². The number of H-pyrrole nitrogens is 1. The number of nitrogens with zero attached hydrogens (tertiary/aromatic N) is 1. The van der Waals surface area contributed by atoms with E-state index in [1.54, 1.807) is 13.2 Å². The van der Waals surface area contributed by atoms with Gasteiger partial charge in [-0.1, -0.05) is 24.3 Å². The van der Waals surface area contributed by atoms with Crippen molar-refractivity contribution in [3.8, 4) is 11.4 Å². The number of aryl methyl sites for hydroxylation is 2. The predicted molar refractivity (Wildman–Crippen MR) is 115 cm³/mol. The molecule has 0 amide bonds. The van der Waals surface area contributed by atoms with Crippen LogP contribution in [0.2, 0.25) is 0 Å². The maximum atomic E-state index is 14.6. The predicted octanol–water partition coefficient (Wildman–Crippen LogP) is 3.37. The SMILES string of the molecule is COc1ccccc1CCc1ccc(F)c(-n2c(=O)[nH]c3csc(C(=O)O)c3c2=O)c1. The molecule has 31 heavy (non-hydrogen) atoms. The van der Waals surface area contributed by atoms with Crippen LogP contribution in [0.3, 0.4) is 0 Å². The monoisotopic (exact) mass is 440 g/mol. The van der Waals surface area contributed by atoms with Crippen molar-refractivity contribution in [1.29, 1.82) is 0 Å². The van der Waals surface area contributed by atoms with Gasteiger partial charge in [0.2, 0.25) is 0 Å². The summed E-state index contributed by atoms with van der Waals surface area (Å²) in [5, 5.41) is 10.6. The number of hydrogen-bond donors (Lipinski definition) is 2. The van der Waals surface area contributed by atoms with Crippen molar-refractivity contribution in [2.24, 2.45) is 0 Å². The van der Waals surface area contributed by atoms with E-state index < -0.39 is 23.0 Å². The van der Waals surface area contributed by atoms with E-state index in [1.165, 1.54) is 17.5 Å². The second kappa shape index (κ2) is 8.19. The third kappa shape index (κ3) is 3.75. The van der Waals surface area contributed by atoms with Crippen LogP contribution in [0.5, 0.6) is 5.75 Å². The maximum Gasteiger partial charge on any atom is 0.346 e. The van der Waals surface area contributed by atoms with Gasteiger partial charge < -0.3 is 14.8 Å². The second-order valence-electron chi connectivity index (χ2n) is 6.83. The first-order valence-electron chi connectivity index (χ1n) is 9.31. The van der Waals surface area contributed by atoms with Crippen LogP contribution >= 0.6 is 11.3 Å². The van der Waals surface area contributed by atoms with Crippen LogP contribution in [0.15, 0.2) is 57.4 Å². The Bertz CT molecular complexity index is 1420. The highest BCUT2D eigenvalue weighted by Crippen LogP contribution is 2.23. The number of carboxylic acid groups (broad SMARTS) is 1. The van der Waals surface area contributed by atoms with Crippen molar-refractivity contribution in [3.63, 3.8) is 0 Å². The molecule has 2 heterocycles. The molecule has 0 aliphatic heterocycles. The fraction of sp³-hybridized carbons (Fsp3) is 0.136. The number of nitrogens with one attached hydrogen (secondary N) is 1. The average molecular weight is 440 g/mol. The van der Waals surface area contributed by atoms with E-state index in [4.69, 9.17) is 4.74 Å². The van der Waals surface area contributed by atoms with Crippen molar-refractivity contribution < 1.29 is 19.0 Å². The number of rotatable bonds is 6. The molecule has 2 N–H and O–H groups in total. The zero-order chi connectivity index (χ0) is 22.1. The summed E-state index contributed by atoms with van der Waals surface area (Å²) < 4.78 is 20.6. The van der Waals surface area contributed by atoms with Gasteiger partial charge >= 0.3 is 11.7 Å². The quantitative estimate of drug-likeness (QED) is 0.479. The van der Waals surface area contributed by atoms with Crippen LogP contribution in [-0.2, 0) is 12.8 Å². The average Bonchev–Trinajstić information content (AvgIpc) is 3.18. The van der Waals surface area contributed by atoms with Gasteiger partial charge in [-0.25, -0.2) is 18.5 Å². The fourth-order valence-corrected chi connectivity index (χ4v) is 4.32. The Morgan fingerprint density at radius 3 is 2.71 bits per heavy atom. The van der Waals surface area contributed by atoms with Gasteiger partial charge in [0.05, 0.1) is 23.7 Å². The summed E-state index contributed by atoms with van der Waals surface area (Å²) >= 11 is 0.826. The van der Waals surface area contributed by atoms with Crippen molar-refractivity contribution >= 4 is 28.2 Å². The summed E-state index contributed by atoms with van der Waals surface area (Å²) in [7, 11) is 1.58.